The molecule has 0 spiro atoms. The second kappa shape index (κ2) is 8.11. The maximum Gasteiger partial charge on any atom is 0.269 e. The molecule has 0 amide bonds. The van der Waals surface area contributed by atoms with Gasteiger partial charge in [-0.15, -0.1) is 0 Å². The van der Waals surface area contributed by atoms with Crippen LogP contribution >= 0.6 is 11.6 Å². The second-order valence-electron chi connectivity index (χ2n) is 5.36. The zero-order valence-electron chi connectivity index (χ0n) is 13.6. The van der Waals surface area contributed by atoms with Crippen LogP contribution in [0.5, 0.6) is 0 Å². The number of nitro groups is 1. The molecule has 0 radical (unpaired) electrons. The van der Waals surface area contributed by atoms with E-state index < -0.39 is 4.92 Å². The highest BCUT2D eigenvalue weighted by Gasteiger charge is 2.05. The number of hydrogen-bond donors (Lipinski definition) is 0. The van der Waals surface area contributed by atoms with Gasteiger partial charge in [-0.1, -0.05) is 47.9 Å². The third-order valence-corrected chi connectivity index (χ3v) is 3.77. The first kappa shape index (κ1) is 17.4. The fourth-order valence-electron chi connectivity index (χ4n) is 2.20. The number of rotatable bonds is 3. The molecule has 0 aromatic heterocycles. The minimum absolute atomic E-state index is 0.0207. The van der Waals surface area contributed by atoms with Gasteiger partial charge in [-0.05, 0) is 42.3 Å². The second-order valence-corrected chi connectivity index (χ2v) is 5.79. The molecule has 0 heterocycles. The summed E-state index contributed by atoms with van der Waals surface area (Å²) in [5.41, 5.74) is 2.85. The highest BCUT2D eigenvalue weighted by molar-refractivity contribution is 6.30. The molecule has 3 rings (SSSR count). The lowest BCUT2D eigenvalue weighted by molar-refractivity contribution is -0.384. The van der Waals surface area contributed by atoms with E-state index in [2.05, 4.69) is 16.8 Å². The summed E-state index contributed by atoms with van der Waals surface area (Å²) in [5, 5.41) is 11.4. The number of benzene rings is 3. The van der Waals surface area contributed by atoms with Crippen molar-refractivity contribution in [3.63, 3.8) is 0 Å². The number of halogens is 1. The van der Waals surface area contributed by atoms with Crippen LogP contribution in [0.15, 0.2) is 83.9 Å². The van der Waals surface area contributed by atoms with E-state index in [4.69, 9.17) is 11.6 Å². The Hall–Kier alpha value is -3.42. The minimum Gasteiger partial charge on any atom is -0.258 e. The summed E-state index contributed by atoms with van der Waals surface area (Å²) >= 11 is 5.96. The van der Waals surface area contributed by atoms with Gasteiger partial charge in [-0.2, -0.15) is 0 Å². The molecule has 0 N–H and O–H groups in total. The first-order valence-corrected chi connectivity index (χ1v) is 8.16. The van der Waals surface area contributed by atoms with Crippen LogP contribution in [0.2, 0.25) is 5.02 Å². The van der Waals surface area contributed by atoms with E-state index in [-0.39, 0.29) is 5.69 Å². The van der Waals surface area contributed by atoms with Crippen LogP contribution in [0.1, 0.15) is 11.1 Å². The highest BCUT2D eigenvalue weighted by Crippen LogP contribution is 2.20. The predicted octanol–water partition coefficient (Wildman–Crippen LogP) is 5.42. The van der Waals surface area contributed by atoms with Gasteiger partial charge < -0.3 is 0 Å². The van der Waals surface area contributed by atoms with Crippen LogP contribution in [0, 0.1) is 22.0 Å². The van der Waals surface area contributed by atoms with E-state index in [1.807, 2.05) is 42.5 Å². The first-order chi connectivity index (χ1) is 12.6. The largest absolute Gasteiger partial charge is 0.269 e. The molecule has 0 unspecified atom stereocenters. The average molecular weight is 361 g/mol. The van der Waals surface area contributed by atoms with Crippen molar-refractivity contribution in [3.8, 4) is 11.8 Å². The Balaban J connectivity index is 2.01. The van der Waals surface area contributed by atoms with Gasteiger partial charge in [0.05, 0.1) is 10.6 Å². The van der Waals surface area contributed by atoms with E-state index >= 15 is 0 Å². The maximum absolute atomic E-state index is 10.8. The summed E-state index contributed by atoms with van der Waals surface area (Å²) in [4.78, 5) is 14.9. The van der Waals surface area contributed by atoms with Gasteiger partial charge in [0, 0.05) is 28.3 Å². The number of hydrogen-bond acceptors (Lipinski definition) is 3. The van der Waals surface area contributed by atoms with Crippen molar-refractivity contribution in [3.05, 3.63) is 105 Å². The van der Waals surface area contributed by atoms with Gasteiger partial charge in [0.2, 0.25) is 0 Å². The lowest BCUT2D eigenvalue weighted by Gasteiger charge is -2.01. The quantitative estimate of drug-likeness (QED) is 0.271. The van der Waals surface area contributed by atoms with E-state index in [1.165, 1.54) is 12.1 Å². The highest BCUT2D eigenvalue weighted by atomic mass is 35.5. The summed E-state index contributed by atoms with van der Waals surface area (Å²) in [6.07, 6.45) is 0. The molecule has 0 fully saturated rings. The molecule has 0 atom stereocenters. The van der Waals surface area contributed by atoms with Crippen molar-refractivity contribution < 1.29 is 4.92 Å². The van der Waals surface area contributed by atoms with Crippen molar-refractivity contribution in [2.45, 2.75) is 0 Å². The molecule has 3 aromatic rings. The fraction of sp³-hybridized carbons (Fsp3) is 0. The van der Waals surface area contributed by atoms with Crippen molar-refractivity contribution in [2.24, 2.45) is 4.99 Å². The molecule has 4 nitrogen and oxygen atoms in total. The van der Waals surface area contributed by atoms with Crippen LogP contribution in [0.3, 0.4) is 0 Å². The summed E-state index contributed by atoms with van der Waals surface area (Å²) < 4.78 is 0. The Morgan fingerprint density at radius 3 is 2.19 bits per heavy atom. The molecule has 0 saturated heterocycles. The van der Waals surface area contributed by atoms with Crippen molar-refractivity contribution in [1.82, 2.24) is 0 Å². The molecule has 0 saturated carbocycles. The van der Waals surface area contributed by atoms with Gasteiger partial charge in [-0.25, -0.2) is 4.99 Å². The maximum atomic E-state index is 10.8. The number of nitro benzene ring substituents is 1. The van der Waals surface area contributed by atoms with Gasteiger partial charge >= 0.3 is 0 Å². The van der Waals surface area contributed by atoms with Crippen LogP contribution < -0.4 is 0 Å². The monoisotopic (exact) mass is 360 g/mol. The molecular formula is C21H13ClN2O2. The zero-order chi connectivity index (χ0) is 18.4. The van der Waals surface area contributed by atoms with E-state index in [0.29, 0.717) is 16.4 Å². The minimum atomic E-state index is -0.442. The average Bonchev–Trinajstić information content (AvgIpc) is 2.67. The molecule has 26 heavy (non-hydrogen) atoms. The van der Waals surface area contributed by atoms with Gasteiger partial charge in [0.15, 0.2) is 0 Å². The standard InChI is InChI=1S/C21H13ClN2O2/c22-18-9-7-17(8-10-18)21(15-6-16-4-2-1-3-5-16)23-19-11-13-20(14-12-19)24(25)26/h1-5,7-14H. The molecule has 0 bridgehead atoms. The lowest BCUT2D eigenvalue weighted by Crippen LogP contribution is -1.97. The van der Waals surface area contributed by atoms with Gasteiger partial charge in [-0.3, -0.25) is 10.1 Å². The first-order valence-electron chi connectivity index (χ1n) is 7.78. The van der Waals surface area contributed by atoms with Crippen molar-refractivity contribution in [2.75, 3.05) is 0 Å². The fourth-order valence-corrected chi connectivity index (χ4v) is 2.33. The molecular weight excluding hydrogens is 348 g/mol. The molecule has 3 aromatic carbocycles. The summed E-state index contributed by atoms with van der Waals surface area (Å²) in [7, 11) is 0. The summed E-state index contributed by atoms with van der Waals surface area (Å²) in [5.74, 6) is 6.17. The molecule has 5 heteroatoms. The van der Waals surface area contributed by atoms with E-state index in [9.17, 15) is 10.1 Å². The predicted molar refractivity (Wildman–Crippen MR) is 104 cm³/mol. The number of nitrogens with zero attached hydrogens (tertiary/aromatic N) is 2. The van der Waals surface area contributed by atoms with Crippen molar-refractivity contribution in [1.29, 1.82) is 0 Å². The number of aliphatic imine (C=N–C) groups is 1. The Kier molecular flexibility index (Phi) is 5.43. The Labute approximate surface area is 155 Å². The Bertz CT molecular complexity index is 1000. The Morgan fingerprint density at radius 2 is 1.58 bits per heavy atom. The number of non-ortho nitro benzene ring substituents is 1. The molecule has 0 aliphatic heterocycles. The smallest absolute Gasteiger partial charge is 0.258 e. The van der Waals surface area contributed by atoms with Crippen molar-refractivity contribution >= 4 is 28.7 Å². The van der Waals surface area contributed by atoms with Crippen LogP contribution in [-0.2, 0) is 0 Å². The van der Waals surface area contributed by atoms with Gasteiger partial charge in [0.1, 0.15) is 5.71 Å². The molecule has 126 valence electrons. The Morgan fingerprint density at radius 1 is 0.923 bits per heavy atom. The topological polar surface area (TPSA) is 55.5 Å². The van der Waals surface area contributed by atoms with Crippen LogP contribution in [0.4, 0.5) is 11.4 Å². The third kappa shape index (κ3) is 4.56. The van der Waals surface area contributed by atoms with Crippen LogP contribution in [0.25, 0.3) is 0 Å². The van der Waals surface area contributed by atoms with Crippen LogP contribution in [-0.4, -0.2) is 10.6 Å². The van der Waals surface area contributed by atoms with E-state index in [1.54, 1.807) is 24.3 Å². The van der Waals surface area contributed by atoms with E-state index in [0.717, 1.165) is 11.1 Å². The SMILES string of the molecule is O=[N+]([O-])c1ccc(N=C(C#Cc2ccccc2)c2ccc(Cl)cc2)cc1. The van der Waals surface area contributed by atoms with Gasteiger partial charge in [0.25, 0.3) is 5.69 Å². The summed E-state index contributed by atoms with van der Waals surface area (Å²) in [6, 6.07) is 22.8. The molecule has 0 aliphatic rings. The normalized spacial score (nSPS) is 10.7. The lowest BCUT2D eigenvalue weighted by atomic mass is 10.1. The zero-order valence-corrected chi connectivity index (χ0v) is 14.4. The third-order valence-electron chi connectivity index (χ3n) is 3.52. The molecule has 0 aliphatic carbocycles. The summed E-state index contributed by atoms with van der Waals surface area (Å²) in [6.45, 7) is 0.